The fourth-order valence-corrected chi connectivity index (χ4v) is 1.93. The van der Waals surface area contributed by atoms with Crippen molar-refractivity contribution >= 4 is 0 Å². The SMILES string of the molecule is CCCCCCOC1OC(CO)C(O)C(O)C1O. The molecule has 1 saturated heterocycles. The van der Waals surface area contributed by atoms with E-state index < -0.39 is 37.3 Å². The van der Waals surface area contributed by atoms with E-state index in [0.29, 0.717) is 6.61 Å². The van der Waals surface area contributed by atoms with Crippen molar-refractivity contribution < 1.29 is 29.9 Å². The quantitative estimate of drug-likeness (QED) is 0.458. The highest BCUT2D eigenvalue weighted by Gasteiger charge is 2.43. The maximum Gasteiger partial charge on any atom is 0.186 e. The summed E-state index contributed by atoms with van der Waals surface area (Å²) in [5.74, 6) is 0. The topological polar surface area (TPSA) is 99.4 Å². The lowest BCUT2D eigenvalue weighted by atomic mass is 9.99. The average Bonchev–Trinajstić information content (AvgIpc) is 2.38. The third kappa shape index (κ3) is 4.15. The van der Waals surface area contributed by atoms with Gasteiger partial charge in [0.05, 0.1) is 6.61 Å². The lowest BCUT2D eigenvalue weighted by Crippen LogP contribution is -2.59. The number of hydrogen-bond acceptors (Lipinski definition) is 6. The minimum Gasteiger partial charge on any atom is -0.394 e. The first-order valence-electron chi connectivity index (χ1n) is 6.54. The molecule has 1 heterocycles. The van der Waals surface area contributed by atoms with Crippen molar-refractivity contribution in [1.29, 1.82) is 0 Å². The van der Waals surface area contributed by atoms with Crippen LogP contribution in [0, 0.1) is 0 Å². The van der Waals surface area contributed by atoms with Crippen molar-refractivity contribution in [2.24, 2.45) is 0 Å². The van der Waals surface area contributed by atoms with Crippen LogP contribution in [-0.2, 0) is 9.47 Å². The summed E-state index contributed by atoms with van der Waals surface area (Å²) in [6, 6.07) is 0. The van der Waals surface area contributed by atoms with Crippen molar-refractivity contribution in [3.8, 4) is 0 Å². The molecule has 0 aromatic carbocycles. The van der Waals surface area contributed by atoms with E-state index in [-0.39, 0.29) is 0 Å². The number of rotatable bonds is 7. The van der Waals surface area contributed by atoms with E-state index in [0.717, 1.165) is 25.7 Å². The Morgan fingerprint density at radius 1 is 1.00 bits per heavy atom. The second kappa shape index (κ2) is 8.04. The molecule has 0 saturated carbocycles. The molecule has 1 aliphatic rings. The third-order valence-corrected chi connectivity index (χ3v) is 3.13. The Balaban J connectivity index is 2.35. The molecule has 4 N–H and O–H groups in total. The van der Waals surface area contributed by atoms with Crippen LogP contribution in [0.25, 0.3) is 0 Å². The van der Waals surface area contributed by atoms with E-state index in [1.54, 1.807) is 0 Å². The Morgan fingerprint density at radius 2 is 1.72 bits per heavy atom. The summed E-state index contributed by atoms with van der Waals surface area (Å²) >= 11 is 0. The van der Waals surface area contributed by atoms with E-state index in [1.807, 2.05) is 0 Å². The Hall–Kier alpha value is -0.240. The molecule has 1 aliphatic heterocycles. The minimum atomic E-state index is -1.36. The molecule has 5 unspecified atom stereocenters. The summed E-state index contributed by atoms with van der Waals surface area (Å²) in [6.45, 7) is 2.10. The number of ether oxygens (including phenoxy) is 2. The first-order valence-corrected chi connectivity index (χ1v) is 6.54. The summed E-state index contributed by atoms with van der Waals surface area (Å²) in [5, 5.41) is 37.8. The number of aliphatic hydroxyl groups is 4. The van der Waals surface area contributed by atoms with E-state index in [2.05, 4.69) is 6.92 Å². The summed E-state index contributed by atoms with van der Waals surface area (Å²) in [4.78, 5) is 0. The molecule has 1 rings (SSSR count). The van der Waals surface area contributed by atoms with Gasteiger partial charge in [-0.2, -0.15) is 0 Å². The molecule has 0 amide bonds. The van der Waals surface area contributed by atoms with Crippen LogP contribution in [0.4, 0.5) is 0 Å². The van der Waals surface area contributed by atoms with Gasteiger partial charge in [-0.1, -0.05) is 26.2 Å². The molecular formula is C12H24O6. The molecule has 18 heavy (non-hydrogen) atoms. The second-order valence-corrected chi connectivity index (χ2v) is 4.63. The van der Waals surface area contributed by atoms with E-state index >= 15 is 0 Å². The molecule has 1 fully saturated rings. The van der Waals surface area contributed by atoms with Gasteiger partial charge in [0.2, 0.25) is 0 Å². The van der Waals surface area contributed by atoms with Crippen molar-refractivity contribution in [1.82, 2.24) is 0 Å². The lowest BCUT2D eigenvalue weighted by molar-refractivity contribution is -0.301. The lowest BCUT2D eigenvalue weighted by Gasteiger charge is -2.39. The molecule has 0 spiro atoms. The first kappa shape index (κ1) is 15.8. The smallest absolute Gasteiger partial charge is 0.186 e. The molecule has 108 valence electrons. The fourth-order valence-electron chi connectivity index (χ4n) is 1.93. The highest BCUT2D eigenvalue weighted by molar-refractivity contribution is 4.88. The van der Waals surface area contributed by atoms with Gasteiger partial charge in [0.25, 0.3) is 0 Å². The Labute approximate surface area is 107 Å². The molecule has 6 heteroatoms. The van der Waals surface area contributed by atoms with E-state index in [1.165, 1.54) is 0 Å². The maximum absolute atomic E-state index is 9.68. The van der Waals surface area contributed by atoms with Gasteiger partial charge in [0, 0.05) is 6.61 Å². The molecule has 0 radical (unpaired) electrons. The largest absolute Gasteiger partial charge is 0.394 e. The van der Waals surface area contributed by atoms with Crippen molar-refractivity contribution in [3.63, 3.8) is 0 Å². The van der Waals surface area contributed by atoms with Crippen molar-refractivity contribution in [3.05, 3.63) is 0 Å². The normalized spacial score (nSPS) is 36.8. The zero-order valence-corrected chi connectivity index (χ0v) is 10.7. The third-order valence-electron chi connectivity index (χ3n) is 3.13. The minimum absolute atomic E-state index is 0.419. The Bertz CT molecular complexity index is 223. The van der Waals surface area contributed by atoms with Gasteiger partial charge < -0.3 is 29.9 Å². The van der Waals surface area contributed by atoms with Gasteiger partial charge in [0.15, 0.2) is 6.29 Å². The molecule has 0 aliphatic carbocycles. The van der Waals surface area contributed by atoms with Gasteiger partial charge in [0.1, 0.15) is 24.4 Å². The molecule has 0 bridgehead atoms. The van der Waals surface area contributed by atoms with Gasteiger partial charge in [-0.3, -0.25) is 0 Å². The molecule has 0 aromatic rings. The monoisotopic (exact) mass is 264 g/mol. The van der Waals surface area contributed by atoms with Gasteiger partial charge >= 0.3 is 0 Å². The van der Waals surface area contributed by atoms with Gasteiger partial charge in [-0.05, 0) is 6.42 Å². The Kier molecular flexibility index (Phi) is 7.06. The Morgan fingerprint density at radius 3 is 2.33 bits per heavy atom. The number of unbranched alkanes of at least 4 members (excludes halogenated alkanes) is 3. The van der Waals surface area contributed by atoms with Crippen molar-refractivity contribution in [2.45, 2.75) is 63.3 Å². The molecule has 6 nitrogen and oxygen atoms in total. The van der Waals surface area contributed by atoms with E-state index in [4.69, 9.17) is 14.6 Å². The molecule has 0 aromatic heterocycles. The van der Waals surface area contributed by atoms with Crippen LogP contribution >= 0.6 is 0 Å². The van der Waals surface area contributed by atoms with Crippen LogP contribution in [-0.4, -0.2) is 64.3 Å². The standard InChI is InChI=1S/C12H24O6/c1-2-3-4-5-6-17-12-11(16)10(15)9(14)8(7-13)18-12/h8-16H,2-7H2,1H3. The van der Waals surface area contributed by atoms with Crippen LogP contribution in [0.5, 0.6) is 0 Å². The second-order valence-electron chi connectivity index (χ2n) is 4.63. The highest BCUT2D eigenvalue weighted by Crippen LogP contribution is 2.22. The van der Waals surface area contributed by atoms with Gasteiger partial charge in [-0.15, -0.1) is 0 Å². The maximum atomic E-state index is 9.68. The van der Waals surface area contributed by atoms with Crippen LogP contribution in [0.3, 0.4) is 0 Å². The van der Waals surface area contributed by atoms with Crippen LogP contribution < -0.4 is 0 Å². The van der Waals surface area contributed by atoms with Crippen molar-refractivity contribution in [2.75, 3.05) is 13.2 Å². The average molecular weight is 264 g/mol. The fraction of sp³-hybridized carbons (Fsp3) is 1.00. The van der Waals surface area contributed by atoms with Crippen LogP contribution in [0.1, 0.15) is 32.6 Å². The van der Waals surface area contributed by atoms with Crippen LogP contribution in [0.2, 0.25) is 0 Å². The summed E-state index contributed by atoms with van der Waals surface area (Å²) in [7, 11) is 0. The number of hydrogen-bond donors (Lipinski definition) is 4. The number of aliphatic hydroxyl groups excluding tert-OH is 4. The molecular weight excluding hydrogens is 240 g/mol. The summed E-state index contributed by atoms with van der Waals surface area (Å²) in [6.07, 6.45) is -1.75. The predicted molar refractivity (Wildman–Crippen MR) is 63.9 cm³/mol. The van der Waals surface area contributed by atoms with Gasteiger partial charge in [-0.25, -0.2) is 0 Å². The predicted octanol–water partition coefficient (Wildman–Crippen LogP) is -0.617. The van der Waals surface area contributed by atoms with Crippen LogP contribution in [0.15, 0.2) is 0 Å². The highest BCUT2D eigenvalue weighted by atomic mass is 16.7. The zero-order chi connectivity index (χ0) is 13.5. The van der Waals surface area contributed by atoms with E-state index in [9.17, 15) is 15.3 Å². The zero-order valence-electron chi connectivity index (χ0n) is 10.7. The summed E-state index contributed by atoms with van der Waals surface area (Å²) < 4.78 is 10.5. The molecule has 5 atom stereocenters. The first-order chi connectivity index (χ1) is 8.61. The summed E-state index contributed by atoms with van der Waals surface area (Å²) in [5.41, 5.74) is 0.